The standard InChI is InChI=1S/C20H25N3O2/c1-22-13-16(12-21-22)18-11-19(18)20(24)23-9-7-15(8-10-23)14-25-17-5-3-2-4-6-17/h2-6,12-13,15,18-19H,7-11,14H2,1H3/t18-,19+/m1/s1. The topological polar surface area (TPSA) is 47.4 Å². The third-order valence-corrected chi connectivity index (χ3v) is 5.42. The Morgan fingerprint density at radius 3 is 2.68 bits per heavy atom. The van der Waals surface area contributed by atoms with Gasteiger partial charge in [-0.05, 0) is 48.8 Å². The van der Waals surface area contributed by atoms with Crippen LogP contribution in [0, 0.1) is 11.8 Å². The molecule has 2 atom stereocenters. The van der Waals surface area contributed by atoms with Crippen molar-refractivity contribution >= 4 is 5.91 Å². The predicted octanol–water partition coefficient (Wildman–Crippen LogP) is 2.84. The molecule has 1 aliphatic heterocycles. The lowest BCUT2D eigenvalue weighted by Gasteiger charge is -2.32. The molecular weight excluding hydrogens is 314 g/mol. The highest BCUT2D eigenvalue weighted by molar-refractivity contribution is 5.83. The van der Waals surface area contributed by atoms with Gasteiger partial charge in [-0.2, -0.15) is 5.10 Å². The molecule has 1 amide bonds. The van der Waals surface area contributed by atoms with Crippen molar-refractivity contribution in [1.29, 1.82) is 0 Å². The Labute approximate surface area is 148 Å². The maximum atomic E-state index is 12.7. The van der Waals surface area contributed by atoms with Gasteiger partial charge in [0.15, 0.2) is 0 Å². The predicted molar refractivity (Wildman–Crippen MR) is 95.3 cm³/mol. The number of benzene rings is 1. The van der Waals surface area contributed by atoms with Crippen molar-refractivity contribution in [1.82, 2.24) is 14.7 Å². The Kier molecular flexibility index (Phi) is 4.47. The van der Waals surface area contributed by atoms with Gasteiger partial charge in [-0.1, -0.05) is 18.2 Å². The molecular formula is C20H25N3O2. The van der Waals surface area contributed by atoms with Gasteiger partial charge in [-0.3, -0.25) is 9.48 Å². The molecule has 2 heterocycles. The molecule has 2 fully saturated rings. The molecule has 0 unspecified atom stereocenters. The van der Waals surface area contributed by atoms with E-state index in [4.69, 9.17) is 4.74 Å². The van der Waals surface area contributed by atoms with E-state index in [1.807, 2.05) is 54.5 Å². The van der Waals surface area contributed by atoms with E-state index in [-0.39, 0.29) is 5.92 Å². The molecule has 132 valence electrons. The zero-order valence-corrected chi connectivity index (χ0v) is 14.7. The third kappa shape index (κ3) is 3.70. The molecule has 0 bridgehead atoms. The summed E-state index contributed by atoms with van der Waals surface area (Å²) in [6, 6.07) is 9.96. The highest BCUT2D eigenvalue weighted by Gasteiger charge is 2.46. The Morgan fingerprint density at radius 1 is 1.24 bits per heavy atom. The minimum absolute atomic E-state index is 0.168. The van der Waals surface area contributed by atoms with Crippen LogP contribution in [0.1, 0.15) is 30.7 Å². The van der Waals surface area contributed by atoms with E-state index >= 15 is 0 Å². The molecule has 25 heavy (non-hydrogen) atoms. The van der Waals surface area contributed by atoms with Gasteiger partial charge in [0.1, 0.15) is 5.75 Å². The van der Waals surface area contributed by atoms with Crippen LogP contribution in [-0.4, -0.2) is 40.3 Å². The second-order valence-corrected chi connectivity index (χ2v) is 7.29. The zero-order valence-electron chi connectivity index (χ0n) is 14.7. The molecule has 0 N–H and O–H groups in total. The van der Waals surface area contributed by atoms with Crippen molar-refractivity contribution in [2.45, 2.75) is 25.2 Å². The van der Waals surface area contributed by atoms with E-state index in [1.54, 1.807) is 0 Å². The van der Waals surface area contributed by atoms with Crippen LogP contribution in [-0.2, 0) is 11.8 Å². The minimum Gasteiger partial charge on any atom is -0.493 e. The van der Waals surface area contributed by atoms with Crippen molar-refractivity contribution in [3.63, 3.8) is 0 Å². The van der Waals surface area contributed by atoms with Crippen LogP contribution in [0.2, 0.25) is 0 Å². The number of para-hydroxylation sites is 1. The van der Waals surface area contributed by atoms with Crippen molar-refractivity contribution in [2.24, 2.45) is 18.9 Å². The smallest absolute Gasteiger partial charge is 0.226 e. The first-order chi connectivity index (χ1) is 12.2. The Hall–Kier alpha value is -2.30. The first-order valence-corrected chi connectivity index (χ1v) is 9.16. The lowest BCUT2D eigenvalue weighted by Crippen LogP contribution is -2.40. The average molecular weight is 339 g/mol. The van der Waals surface area contributed by atoms with Gasteiger partial charge in [0.2, 0.25) is 5.91 Å². The van der Waals surface area contributed by atoms with Crippen molar-refractivity contribution in [2.75, 3.05) is 19.7 Å². The number of hydrogen-bond acceptors (Lipinski definition) is 3. The molecule has 1 saturated carbocycles. The number of hydrogen-bond donors (Lipinski definition) is 0. The minimum atomic E-state index is 0.168. The number of piperidine rings is 1. The first-order valence-electron chi connectivity index (χ1n) is 9.16. The van der Waals surface area contributed by atoms with E-state index in [1.165, 1.54) is 5.56 Å². The molecule has 0 spiro atoms. The van der Waals surface area contributed by atoms with Gasteiger partial charge in [0.05, 0.1) is 12.8 Å². The molecule has 4 rings (SSSR count). The fourth-order valence-corrected chi connectivity index (χ4v) is 3.75. The number of rotatable bonds is 5. The number of likely N-dealkylation sites (tertiary alicyclic amines) is 1. The van der Waals surface area contributed by atoms with E-state index in [0.717, 1.165) is 44.7 Å². The van der Waals surface area contributed by atoms with Crippen LogP contribution in [0.5, 0.6) is 5.75 Å². The summed E-state index contributed by atoms with van der Waals surface area (Å²) < 4.78 is 7.68. The second-order valence-electron chi connectivity index (χ2n) is 7.29. The molecule has 1 saturated heterocycles. The maximum Gasteiger partial charge on any atom is 0.226 e. The van der Waals surface area contributed by atoms with Crippen molar-refractivity contribution < 1.29 is 9.53 Å². The Morgan fingerprint density at radius 2 is 2.00 bits per heavy atom. The Balaban J connectivity index is 1.23. The monoisotopic (exact) mass is 339 g/mol. The van der Waals surface area contributed by atoms with Crippen LogP contribution in [0.15, 0.2) is 42.7 Å². The van der Waals surface area contributed by atoms with Crippen LogP contribution < -0.4 is 4.74 Å². The summed E-state index contributed by atoms with van der Waals surface area (Å²) in [5, 5.41) is 4.22. The molecule has 5 heteroatoms. The molecule has 2 aliphatic rings. The fourth-order valence-electron chi connectivity index (χ4n) is 3.75. The van der Waals surface area contributed by atoms with Crippen molar-refractivity contribution in [3.8, 4) is 5.75 Å². The van der Waals surface area contributed by atoms with E-state index in [0.29, 0.717) is 17.7 Å². The molecule has 2 aromatic rings. The Bertz CT molecular complexity index is 720. The lowest BCUT2D eigenvalue weighted by molar-refractivity contribution is -0.134. The van der Waals surface area contributed by atoms with Gasteiger partial charge in [-0.25, -0.2) is 0 Å². The summed E-state index contributed by atoms with van der Waals surface area (Å²) in [4.78, 5) is 14.8. The van der Waals surface area contributed by atoms with Gasteiger partial charge in [0, 0.05) is 32.3 Å². The normalized spacial score (nSPS) is 23.5. The number of nitrogens with zero attached hydrogens (tertiary/aromatic N) is 3. The van der Waals surface area contributed by atoms with E-state index in [9.17, 15) is 4.79 Å². The summed E-state index contributed by atoms with van der Waals surface area (Å²) in [6.45, 7) is 2.46. The average Bonchev–Trinajstić information content (AvgIpc) is 3.34. The van der Waals surface area contributed by atoms with E-state index < -0.39 is 0 Å². The fraction of sp³-hybridized carbons (Fsp3) is 0.500. The summed E-state index contributed by atoms with van der Waals surface area (Å²) in [5.74, 6) is 2.34. The van der Waals surface area contributed by atoms with Gasteiger partial charge in [0.25, 0.3) is 0 Å². The number of carbonyl (C=O) groups is 1. The molecule has 5 nitrogen and oxygen atoms in total. The van der Waals surface area contributed by atoms with Gasteiger partial charge >= 0.3 is 0 Å². The van der Waals surface area contributed by atoms with Gasteiger partial charge < -0.3 is 9.64 Å². The SMILES string of the molecule is Cn1cc([C@H]2C[C@@H]2C(=O)N2CCC(COc3ccccc3)CC2)cn1. The molecule has 1 aromatic carbocycles. The highest BCUT2D eigenvalue weighted by atomic mass is 16.5. The van der Waals surface area contributed by atoms with Crippen LogP contribution >= 0.6 is 0 Å². The maximum absolute atomic E-state index is 12.7. The number of aryl methyl sites for hydroxylation is 1. The van der Waals surface area contributed by atoms with Crippen molar-refractivity contribution in [3.05, 3.63) is 48.3 Å². The quantitative estimate of drug-likeness (QED) is 0.841. The second kappa shape index (κ2) is 6.90. The summed E-state index contributed by atoms with van der Waals surface area (Å²) in [6.07, 6.45) is 6.96. The number of ether oxygens (including phenoxy) is 1. The van der Waals surface area contributed by atoms with Crippen LogP contribution in [0.25, 0.3) is 0 Å². The molecule has 0 radical (unpaired) electrons. The third-order valence-electron chi connectivity index (χ3n) is 5.42. The zero-order chi connectivity index (χ0) is 17.2. The van der Waals surface area contributed by atoms with Gasteiger partial charge in [-0.15, -0.1) is 0 Å². The number of carbonyl (C=O) groups excluding carboxylic acids is 1. The molecule has 1 aromatic heterocycles. The highest BCUT2D eigenvalue weighted by Crippen LogP contribution is 2.48. The van der Waals surface area contributed by atoms with Crippen LogP contribution in [0.3, 0.4) is 0 Å². The lowest BCUT2D eigenvalue weighted by atomic mass is 9.97. The van der Waals surface area contributed by atoms with E-state index in [2.05, 4.69) is 10.00 Å². The molecule has 1 aliphatic carbocycles. The first kappa shape index (κ1) is 16.2. The summed E-state index contributed by atoms with van der Waals surface area (Å²) in [7, 11) is 1.92. The summed E-state index contributed by atoms with van der Waals surface area (Å²) >= 11 is 0. The number of aromatic nitrogens is 2. The number of amides is 1. The largest absolute Gasteiger partial charge is 0.493 e. The summed E-state index contributed by atoms with van der Waals surface area (Å²) in [5.41, 5.74) is 1.20. The van der Waals surface area contributed by atoms with Crippen LogP contribution in [0.4, 0.5) is 0 Å².